The standard InChI is InChI=1S/C56H65F3N10O6/c1-37(61-53(72)41-7-4-6-40(30-41)43-8-5-17-69(35-43)51(70)33-60-32-42-12-13-44(57)31-49(42)59)55(74)67-22-20-65(21-23-67)34-38-15-18-64(19-16-38)36-52(71)66-24-26-68(27-25-66)56(75)47-28-39(11-14-48(47)58)29-50-45-9-2-3-10-46(45)54(73)63-62-50/h2-4,6-7,9-14,28,30-31,37-38,43,60H,5,8,15-27,29,32-36H2,1H3,(H,61,72)(H,63,73)/t37-,43?/m1/s1. The number of nitrogens with one attached hydrogen (secondary N) is 3. The van der Waals surface area contributed by atoms with Crippen LogP contribution in [0, 0.1) is 23.4 Å². The van der Waals surface area contributed by atoms with Gasteiger partial charge in [0.25, 0.3) is 17.4 Å². The van der Waals surface area contributed by atoms with Gasteiger partial charge in [0.05, 0.1) is 29.7 Å². The molecule has 4 fully saturated rings. The van der Waals surface area contributed by atoms with E-state index >= 15 is 4.39 Å². The Hall–Kier alpha value is -6.96. The number of aromatic amines is 1. The van der Waals surface area contributed by atoms with Gasteiger partial charge in [0.1, 0.15) is 23.5 Å². The highest BCUT2D eigenvalue weighted by Gasteiger charge is 2.32. The number of halogens is 3. The highest BCUT2D eigenvalue weighted by Crippen LogP contribution is 2.28. The number of aromatic nitrogens is 2. The molecule has 1 unspecified atom stereocenters. The predicted octanol–water partition coefficient (Wildman–Crippen LogP) is 4.39. The monoisotopic (exact) mass is 1030 g/mol. The maximum Gasteiger partial charge on any atom is 0.272 e. The van der Waals surface area contributed by atoms with Gasteiger partial charge < -0.3 is 30.2 Å². The Morgan fingerprint density at radius 1 is 0.707 bits per heavy atom. The molecule has 75 heavy (non-hydrogen) atoms. The molecule has 0 aliphatic carbocycles. The van der Waals surface area contributed by atoms with E-state index in [2.05, 4.69) is 30.6 Å². The third-order valence-corrected chi connectivity index (χ3v) is 15.3. The molecule has 5 amide bonds. The molecule has 0 bridgehead atoms. The molecule has 4 aliphatic rings. The first kappa shape index (κ1) is 52.9. The van der Waals surface area contributed by atoms with Crippen LogP contribution in [0.2, 0.25) is 0 Å². The van der Waals surface area contributed by atoms with Gasteiger partial charge >= 0.3 is 0 Å². The minimum atomic E-state index is -0.723. The third-order valence-electron chi connectivity index (χ3n) is 15.3. The number of carbonyl (C=O) groups is 5. The summed E-state index contributed by atoms with van der Waals surface area (Å²) in [6, 6.07) is 21.6. The molecular weight excluding hydrogens is 966 g/mol. The van der Waals surface area contributed by atoms with Crippen LogP contribution in [0.1, 0.15) is 81.6 Å². The van der Waals surface area contributed by atoms with E-state index in [4.69, 9.17) is 0 Å². The van der Waals surface area contributed by atoms with Crippen molar-refractivity contribution >= 4 is 40.3 Å². The van der Waals surface area contributed by atoms with Gasteiger partial charge in [-0.25, -0.2) is 18.3 Å². The van der Waals surface area contributed by atoms with E-state index in [0.717, 1.165) is 70.0 Å². The lowest BCUT2D eigenvalue weighted by molar-refractivity contribution is -0.135. The number of carbonyl (C=O) groups excluding carboxylic acids is 5. The van der Waals surface area contributed by atoms with Gasteiger partial charge in [-0.3, -0.25) is 38.6 Å². The van der Waals surface area contributed by atoms with Crippen LogP contribution in [0.3, 0.4) is 0 Å². The highest BCUT2D eigenvalue weighted by molar-refractivity contribution is 5.98. The quantitative estimate of drug-likeness (QED) is 0.137. The number of amides is 5. The summed E-state index contributed by atoms with van der Waals surface area (Å²) in [4.78, 5) is 90.9. The van der Waals surface area contributed by atoms with Crippen molar-refractivity contribution in [2.75, 3.05) is 98.2 Å². The van der Waals surface area contributed by atoms with Crippen molar-refractivity contribution in [3.05, 3.63) is 146 Å². The van der Waals surface area contributed by atoms with Gasteiger partial charge in [-0.2, -0.15) is 5.10 Å². The third kappa shape index (κ3) is 13.1. The van der Waals surface area contributed by atoms with Gasteiger partial charge in [0.2, 0.25) is 17.7 Å². The molecule has 5 aromatic rings. The van der Waals surface area contributed by atoms with Crippen molar-refractivity contribution in [1.82, 2.24) is 50.2 Å². The molecule has 0 spiro atoms. The zero-order valence-corrected chi connectivity index (χ0v) is 42.4. The molecule has 0 radical (unpaired) electrons. The smallest absolute Gasteiger partial charge is 0.272 e. The predicted molar refractivity (Wildman–Crippen MR) is 276 cm³/mol. The second-order valence-corrected chi connectivity index (χ2v) is 20.4. The second-order valence-electron chi connectivity index (χ2n) is 20.4. The molecular formula is C56H65F3N10O6. The molecule has 4 saturated heterocycles. The maximum absolute atomic E-state index is 15.1. The summed E-state index contributed by atoms with van der Waals surface area (Å²) in [5, 5.41) is 13.8. The molecule has 0 saturated carbocycles. The molecule has 19 heteroatoms. The average molecular weight is 1030 g/mol. The van der Waals surface area contributed by atoms with Gasteiger partial charge in [0.15, 0.2) is 0 Å². The first-order chi connectivity index (χ1) is 36.3. The van der Waals surface area contributed by atoms with Gasteiger partial charge in [-0.15, -0.1) is 0 Å². The molecule has 9 rings (SSSR count). The van der Waals surface area contributed by atoms with Crippen molar-refractivity contribution in [3.8, 4) is 0 Å². The number of benzene rings is 4. The number of rotatable bonds is 15. The number of fused-ring (bicyclic) bond motifs is 1. The molecule has 396 valence electrons. The topological polar surface area (TPSA) is 175 Å². The van der Waals surface area contributed by atoms with E-state index in [0.29, 0.717) is 98.8 Å². The lowest BCUT2D eigenvalue weighted by Gasteiger charge is -2.40. The summed E-state index contributed by atoms with van der Waals surface area (Å²) in [5.74, 6) is -2.45. The van der Waals surface area contributed by atoms with Crippen LogP contribution in [0.4, 0.5) is 13.2 Å². The highest BCUT2D eigenvalue weighted by atomic mass is 19.1. The first-order valence-corrected chi connectivity index (χ1v) is 26.1. The fourth-order valence-corrected chi connectivity index (χ4v) is 10.9. The Kier molecular flexibility index (Phi) is 17.0. The molecule has 2 atom stereocenters. The van der Waals surface area contributed by atoms with E-state index < -0.39 is 29.4 Å². The summed E-state index contributed by atoms with van der Waals surface area (Å²) >= 11 is 0. The van der Waals surface area contributed by atoms with Crippen molar-refractivity contribution in [3.63, 3.8) is 0 Å². The van der Waals surface area contributed by atoms with Gasteiger partial charge in [-0.1, -0.05) is 42.5 Å². The van der Waals surface area contributed by atoms with E-state index in [1.165, 1.54) is 18.2 Å². The van der Waals surface area contributed by atoms with Crippen molar-refractivity contribution < 1.29 is 37.1 Å². The number of nitrogens with zero attached hydrogens (tertiary/aromatic N) is 7. The minimum Gasteiger partial charge on any atom is -0.341 e. The Bertz CT molecular complexity index is 2950. The summed E-state index contributed by atoms with van der Waals surface area (Å²) in [7, 11) is 0. The second kappa shape index (κ2) is 24.1. The number of piperidine rings is 2. The number of piperazine rings is 2. The fraction of sp³-hybridized carbons (Fsp3) is 0.446. The van der Waals surface area contributed by atoms with E-state index in [1.54, 1.807) is 52.0 Å². The van der Waals surface area contributed by atoms with Crippen LogP contribution < -0.4 is 16.2 Å². The fourth-order valence-electron chi connectivity index (χ4n) is 10.9. The Morgan fingerprint density at radius 3 is 2.20 bits per heavy atom. The normalized spacial score (nSPS) is 18.5. The molecule has 16 nitrogen and oxygen atoms in total. The average Bonchev–Trinajstić information content (AvgIpc) is 3.43. The molecule has 1 aromatic heterocycles. The van der Waals surface area contributed by atoms with Crippen molar-refractivity contribution in [1.29, 1.82) is 0 Å². The van der Waals surface area contributed by atoms with Crippen molar-refractivity contribution in [2.45, 2.75) is 57.5 Å². The largest absolute Gasteiger partial charge is 0.341 e. The lowest BCUT2D eigenvalue weighted by Crippen LogP contribution is -2.55. The lowest BCUT2D eigenvalue weighted by atomic mass is 9.89. The van der Waals surface area contributed by atoms with Crippen LogP contribution in [-0.4, -0.2) is 173 Å². The van der Waals surface area contributed by atoms with Crippen molar-refractivity contribution in [2.24, 2.45) is 5.92 Å². The van der Waals surface area contributed by atoms with Gasteiger partial charge in [0, 0.05) is 113 Å². The van der Waals surface area contributed by atoms with Crippen LogP contribution in [0.25, 0.3) is 10.8 Å². The van der Waals surface area contributed by atoms with Crippen LogP contribution in [-0.2, 0) is 27.3 Å². The zero-order chi connectivity index (χ0) is 52.6. The Labute approximate surface area is 434 Å². The molecule has 3 N–H and O–H groups in total. The first-order valence-electron chi connectivity index (χ1n) is 26.1. The Balaban J connectivity index is 0.659. The van der Waals surface area contributed by atoms with Gasteiger partial charge in [-0.05, 0) is 99.1 Å². The minimum absolute atomic E-state index is 0.0126. The maximum atomic E-state index is 15.1. The van der Waals surface area contributed by atoms with E-state index in [9.17, 15) is 37.5 Å². The van der Waals surface area contributed by atoms with E-state index in [1.807, 2.05) is 35.2 Å². The summed E-state index contributed by atoms with van der Waals surface area (Å²) < 4.78 is 42.4. The number of hydrogen-bond acceptors (Lipinski definition) is 10. The molecule has 4 aromatic carbocycles. The summed E-state index contributed by atoms with van der Waals surface area (Å²) in [6.45, 7) is 9.62. The summed E-state index contributed by atoms with van der Waals surface area (Å²) in [5.41, 5.74) is 2.63. The van der Waals surface area contributed by atoms with Crippen LogP contribution >= 0.6 is 0 Å². The molecule has 5 heterocycles. The molecule has 4 aliphatic heterocycles. The number of likely N-dealkylation sites (tertiary alicyclic amines) is 2. The van der Waals surface area contributed by atoms with E-state index in [-0.39, 0.29) is 59.3 Å². The van der Waals surface area contributed by atoms with Crippen LogP contribution in [0.15, 0.2) is 89.7 Å². The number of hydrogen-bond donors (Lipinski definition) is 3. The number of H-pyrrole nitrogens is 1. The Morgan fingerprint density at radius 2 is 1.44 bits per heavy atom. The van der Waals surface area contributed by atoms with Crippen LogP contribution in [0.5, 0.6) is 0 Å². The summed E-state index contributed by atoms with van der Waals surface area (Å²) in [6.07, 6.45) is 3.84. The SMILES string of the molecule is C[C@@H](NC(=O)c1cccc(C2CCCN(C(=O)CNCc3ccc(F)cc3F)C2)c1)C(=O)N1CCN(CC2CCN(CC(=O)N3CCN(C(=O)c4cc(Cc5n[nH]c(=O)c6ccccc56)ccc4F)CC3)CC2)CC1. The zero-order valence-electron chi connectivity index (χ0n) is 42.4.